The van der Waals surface area contributed by atoms with Gasteiger partial charge in [0.25, 0.3) is 0 Å². The molecule has 2 heterocycles. The lowest BCUT2D eigenvalue weighted by molar-refractivity contribution is -0.138. The van der Waals surface area contributed by atoms with Crippen LogP contribution in [0.1, 0.15) is 19.4 Å². The molecule has 1 unspecified atom stereocenters. The summed E-state index contributed by atoms with van der Waals surface area (Å²) in [5.41, 5.74) is 0.949. The highest BCUT2D eigenvalue weighted by Crippen LogP contribution is 2.19. The second-order valence-electron chi connectivity index (χ2n) is 7.72. The fraction of sp³-hybridized carbons (Fsp3) is 0.667. The van der Waals surface area contributed by atoms with Crippen LogP contribution in [0.3, 0.4) is 0 Å². The molecule has 2 aliphatic heterocycles. The summed E-state index contributed by atoms with van der Waals surface area (Å²) in [6.45, 7) is 13.1. The molecule has 0 bridgehead atoms. The van der Waals surface area contributed by atoms with E-state index in [0.29, 0.717) is 0 Å². The summed E-state index contributed by atoms with van der Waals surface area (Å²) in [6.07, 6.45) is 0. The Morgan fingerprint density at radius 2 is 1.71 bits per heavy atom. The minimum absolute atomic E-state index is 0.0752. The van der Waals surface area contributed by atoms with Crippen LogP contribution in [0, 0.1) is 5.82 Å². The van der Waals surface area contributed by atoms with E-state index < -0.39 is 0 Å². The van der Waals surface area contributed by atoms with Crippen LogP contribution in [0.2, 0.25) is 0 Å². The Hall–Kier alpha value is -1.70. The monoisotopic (exact) mass is 392 g/mol. The fourth-order valence-corrected chi connectivity index (χ4v) is 4.08. The zero-order valence-corrected chi connectivity index (χ0v) is 17.4. The number of hydrogen-bond acceptors (Lipinski definition) is 5. The Morgan fingerprint density at radius 1 is 1.07 bits per heavy atom. The normalized spacial score (nSPS) is 20.9. The number of methoxy groups -OCH3 is 1. The maximum absolute atomic E-state index is 13.9. The Morgan fingerprint density at radius 3 is 2.29 bits per heavy atom. The molecule has 0 saturated carbocycles. The van der Waals surface area contributed by atoms with Crippen molar-refractivity contribution in [2.75, 3.05) is 66.0 Å². The summed E-state index contributed by atoms with van der Waals surface area (Å²) in [5.74, 6) is 0.211. The highest BCUT2D eigenvalue weighted by molar-refractivity contribution is 5.81. The largest absolute Gasteiger partial charge is 0.494 e. The number of carbonyl (C=O) groups excluding carboxylic acids is 1. The van der Waals surface area contributed by atoms with Gasteiger partial charge in [0.2, 0.25) is 5.91 Å². The van der Waals surface area contributed by atoms with Gasteiger partial charge in [-0.15, -0.1) is 0 Å². The number of carbonyl (C=O) groups is 1. The van der Waals surface area contributed by atoms with E-state index in [4.69, 9.17) is 4.74 Å². The van der Waals surface area contributed by atoms with Crippen molar-refractivity contribution in [3.63, 3.8) is 0 Å². The maximum Gasteiger partial charge on any atom is 0.239 e. The number of nitrogens with zero attached hydrogens (tertiary/aromatic N) is 4. The first-order valence-corrected chi connectivity index (χ1v) is 10.3. The van der Waals surface area contributed by atoms with E-state index in [0.717, 1.165) is 71.0 Å². The molecular weight excluding hydrogens is 359 g/mol. The summed E-state index contributed by atoms with van der Waals surface area (Å²) < 4.78 is 18.9. The van der Waals surface area contributed by atoms with Gasteiger partial charge in [-0.1, -0.05) is 13.0 Å². The van der Waals surface area contributed by atoms with Gasteiger partial charge in [-0.05, 0) is 31.2 Å². The molecule has 2 fully saturated rings. The van der Waals surface area contributed by atoms with Crippen molar-refractivity contribution in [1.82, 2.24) is 19.6 Å². The maximum atomic E-state index is 13.9. The van der Waals surface area contributed by atoms with Crippen molar-refractivity contribution in [3.05, 3.63) is 29.6 Å². The van der Waals surface area contributed by atoms with Crippen molar-refractivity contribution >= 4 is 5.91 Å². The minimum Gasteiger partial charge on any atom is -0.494 e. The fourth-order valence-electron chi connectivity index (χ4n) is 4.08. The molecule has 1 atom stereocenters. The van der Waals surface area contributed by atoms with Gasteiger partial charge in [0.15, 0.2) is 11.6 Å². The number of amides is 1. The number of benzene rings is 1. The molecule has 1 aromatic carbocycles. The van der Waals surface area contributed by atoms with Gasteiger partial charge < -0.3 is 14.5 Å². The molecule has 2 aliphatic rings. The predicted molar refractivity (Wildman–Crippen MR) is 108 cm³/mol. The van der Waals surface area contributed by atoms with Crippen molar-refractivity contribution in [2.24, 2.45) is 0 Å². The van der Waals surface area contributed by atoms with E-state index in [2.05, 4.69) is 21.6 Å². The van der Waals surface area contributed by atoms with Crippen LogP contribution in [-0.2, 0) is 11.3 Å². The molecule has 6 nitrogen and oxygen atoms in total. The van der Waals surface area contributed by atoms with Gasteiger partial charge >= 0.3 is 0 Å². The first-order chi connectivity index (χ1) is 13.5. The van der Waals surface area contributed by atoms with Gasteiger partial charge in [-0.3, -0.25) is 14.6 Å². The van der Waals surface area contributed by atoms with Crippen molar-refractivity contribution in [3.8, 4) is 5.75 Å². The molecule has 1 amide bonds. The Balaban J connectivity index is 1.46. The minimum atomic E-state index is -0.318. The van der Waals surface area contributed by atoms with Crippen LogP contribution in [0.25, 0.3) is 0 Å². The van der Waals surface area contributed by atoms with Gasteiger partial charge in [0.05, 0.1) is 13.2 Å². The summed E-state index contributed by atoms with van der Waals surface area (Å²) >= 11 is 0. The summed E-state index contributed by atoms with van der Waals surface area (Å²) in [7, 11) is 1.48. The quantitative estimate of drug-likeness (QED) is 0.734. The number of halogens is 1. The number of rotatable bonds is 6. The first-order valence-electron chi connectivity index (χ1n) is 10.3. The predicted octanol–water partition coefficient (Wildman–Crippen LogP) is 1.50. The van der Waals surface area contributed by atoms with Crippen LogP contribution in [0.15, 0.2) is 18.2 Å². The van der Waals surface area contributed by atoms with E-state index in [1.165, 1.54) is 7.11 Å². The molecular formula is C21H33FN4O2. The highest BCUT2D eigenvalue weighted by Gasteiger charge is 2.30. The molecule has 2 saturated heterocycles. The molecule has 0 aromatic heterocycles. The van der Waals surface area contributed by atoms with E-state index in [1.807, 2.05) is 17.9 Å². The summed E-state index contributed by atoms with van der Waals surface area (Å²) in [5, 5.41) is 0. The van der Waals surface area contributed by atoms with Crippen LogP contribution < -0.4 is 4.74 Å². The first kappa shape index (κ1) is 21.0. The Bertz CT molecular complexity index is 656. The average Bonchev–Trinajstić information content (AvgIpc) is 2.73. The SMILES string of the molecule is CCN1CCN(C(=O)C(C)N2CCN(Cc3ccc(OC)c(F)c3)CC2)CC1. The molecule has 3 rings (SSSR count). The molecule has 0 spiro atoms. The molecule has 28 heavy (non-hydrogen) atoms. The second kappa shape index (κ2) is 9.67. The summed E-state index contributed by atoms with van der Waals surface area (Å²) in [4.78, 5) is 21.9. The zero-order valence-electron chi connectivity index (χ0n) is 17.4. The summed E-state index contributed by atoms with van der Waals surface area (Å²) in [6, 6.07) is 5.07. The average molecular weight is 393 g/mol. The molecule has 0 radical (unpaired) electrons. The second-order valence-corrected chi connectivity index (χ2v) is 7.72. The number of likely N-dealkylation sites (N-methyl/N-ethyl adjacent to an activating group) is 1. The van der Waals surface area contributed by atoms with Crippen LogP contribution >= 0.6 is 0 Å². The third-order valence-electron chi connectivity index (χ3n) is 6.07. The lowest BCUT2D eigenvalue weighted by Gasteiger charge is -2.41. The zero-order chi connectivity index (χ0) is 20.1. The van der Waals surface area contributed by atoms with Crippen LogP contribution in [0.4, 0.5) is 4.39 Å². The van der Waals surface area contributed by atoms with E-state index in [1.54, 1.807) is 12.1 Å². The number of hydrogen-bond donors (Lipinski definition) is 0. The molecule has 0 aliphatic carbocycles. The van der Waals surface area contributed by atoms with Crippen molar-refractivity contribution in [2.45, 2.75) is 26.4 Å². The smallest absolute Gasteiger partial charge is 0.239 e. The van der Waals surface area contributed by atoms with Gasteiger partial charge in [-0.25, -0.2) is 4.39 Å². The lowest BCUT2D eigenvalue weighted by Crippen LogP contribution is -2.57. The van der Waals surface area contributed by atoms with E-state index in [9.17, 15) is 9.18 Å². The third-order valence-corrected chi connectivity index (χ3v) is 6.07. The van der Waals surface area contributed by atoms with Crippen LogP contribution in [-0.4, -0.2) is 97.6 Å². The third kappa shape index (κ3) is 5.01. The van der Waals surface area contributed by atoms with Gasteiger partial charge in [0.1, 0.15) is 0 Å². The highest BCUT2D eigenvalue weighted by atomic mass is 19.1. The Labute approximate surface area is 167 Å². The molecule has 7 heteroatoms. The van der Waals surface area contributed by atoms with Gasteiger partial charge in [-0.2, -0.15) is 0 Å². The van der Waals surface area contributed by atoms with Crippen LogP contribution in [0.5, 0.6) is 5.75 Å². The topological polar surface area (TPSA) is 39.3 Å². The molecule has 1 aromatic rings. The van der Waals surface area contributed by atoms with Crippen molar-refractivity contribution in [1.29, 1.82) is 0 Å². The Kier molecular flexibility index (Phi) is 7.26. The van der Waals surface area contributed by atoms with Gasteiger partial charge in [0, 0.05) is 58.9 Å². The number of ether oxygens (including phenoxy) is 1. The molecule has 156 valence electrons. The molecule has 0 N–H and O–H groups in total. The lowest BCUT2D eigenvalue weighted by atomic mass is 10.1. The van der Waals surface area contributed by atoms with E-state index in [-0.39, 0.29) is 23.5 Å². The standard InChI is InChI=1S/C21H33FN4O2/c1-4-23-7-13-26(14-8-23)21(27)17(2)25-11-9-24(10-12-25)16-18-5-6-20(28-3)19(22)15-18/h5-6,15,17H,4,7-14,16H2,1-3H3. The van der Waals surface area contributed by atoms with Crippen molar-refractivity contribution < 1.29 is 13.9 Å². The van der Waals surface area contributed by atoms with E-state index >= 15 is 0 Å². The number of piperazine rings is 2.